The van der Waals surface area contributed by atoms with Gasteiger partial charge in [0.2, 0.25) is 0 Å². The van der Waals surface area contributed by atoms with Crippen LogP contribution in [-0.4, -0.2) is 4.32 Å². The van der Waals surface area contributed by atoms with Gasteiger partial charge < -0.3 is 0 Å². The summed E-state index contributed by atoms with van der Waals surface area (Å²) in [6, 6.07) is 0. The van der Waals surface area contributed by atoms with Crippen molar-refractivity contribution < 1.29 is 0 Å². The molecule has 0 amide bonds. The molecule has 1 saturated carbocycles. The molecule has 0 saturated heterocycles. The van der Waals surface area contributed by atoms with Crippen LogP contribution in [0.2, 0.25) is 0 Å². The zero-order valence-corrected chi connectivity index (χ0v) is 13.5. The van der Waals surface area contributed by atoms with Gasteiger partial charge in [-0.05, 0) is 30.6 Å². The molecule has 18 heavy (non-hydrogen) atoms. The lowest BCUT2D eigenvalue weighted by atomic mass is 9.80. The Bertz CT molecular complexity index is 318. The maximum absolute atomic E-state index is 4.11. The highest BCUT2D eigenvalue weighted by Gasteiger charge is 2.50. The van der Waals surface area contributed by atoms with Gasteiger partial charge in [0, 0.05) is 0 Å². The lowest BCUT2D eigenvalue weighted by Gasteiger charge is -2.34. The standard InChI is InChI=1S/C17H27Br/c1-3-5-9-14-13-15-10-7-8-12-17(15,18)16(14)11-6-4-2/h7-8,10,12,14-16H,3-6,9,11,13H2,1-2H3. The van der Waals surface area contributed by atoms with Gasteiger partial charge in [-0.25, -0.2) is 0 Å². The first kappa shape index (κ1) is 14.4. The minimum Gasteiger partial charge on any atom is -0.0798 e. The number of fused-ring (bicyclic) bond motifs is 1. The van der Waals surface area contributed by atoms with Crippen molar-refractivity contribution in [2.45, 2.75) is 63.1 Å². The minimum absolute atomic E-state index is 0.273. The monoisotopic (exact) mass is 310 g/mol. The quantitative estimate of drug-likeness (QED) is 0.537. The fourth-order valence-electron chi connectivity index (χ4n) is 3.85. The number of alkyl halides is 1. The van der Waals surface area contributed by atoms with E-state index in [2.05, 4.69) is 54.1 Å². The van der Waals surface area contributed by atoms with E-state index in [1.54, 1.807) is 0 Å². The van der Waals surface area contributed by atoms with Crippen LogP contribution in [0, 0.1) is 17.8 Å². The molecule has 2 rings (SSSR count). The van der Waals surface area contributed by atoms with Crippen molar-refractivity contribution in [2.75, 3.05) is 0 Å². The minimum atomic E-state index is 0.273. The van der Waals surface area contributed by atoms with Crippen LogP contribution in [-0.2, 0) is 0 Å². The van der Waals surface area contributed by atoms with Gasteiger partial charge >= 0.3 is 0 Å². The van der Waals surface area contributed by atoms with Crippen LogP contribution in [0.4, 0.5) is 0 Å². The normalized spacial score (nSPS) is 38.1. The second kappa shape index (κ2) is 6.41. The van der Waals surface area contributed by atoms with Crippen LogP contribution in [0.5, 0.6) is 0 Å². The molecule has 0 radical (unpaired) electrons. The van der Waals surface area contributed by atoms with Crippen LogP contribution in [0.25, 0.3) is 0 Å². The van der Waals surface area contributed by atoms with E-state index in [1.165, 1.54) is 44.9 Å². The van der Waals surface area contributed by atoms with E-state index < -0.39 is 0 Å². The first-order chi connectivity index (χ1) is 8.72. The Labute approximate surface area is 121 Å². The fraction of sp³-hybridized carbons (Fsp3) is 0.765. The summed E-state index contributed by atoms with van der Waals surface area (Å²) in [7, 11) is 0. The first-order valence-corrected chi connectivity index (χ1v) is 8.56. The third kappa shape index (κ3) is 2.76. The predicted octanol–water partition coefficient (Wildman–Crippen LogP) is 5.88. The van der Waals surface area contributed by atoms with Crippen LogP contribution in [0.1, 0.15) is 58.8 Å². The number of hydrogen-bond donors (Lipinski definition) is 0. The molecular formula is C17H27Br. The first-order valence-electron chi connectivity index (χ1n) is 7.77. The highest BCUT2D eigenvalue weighted by atomic mass is 79.9. The molecular weight excluding hydrogens is 284 g/mol. The number of rotatable bonds is 6. The number of allylic oxidation sites excluding steroid dienone is 4. The van der Waals surface area contributed by atoms with Gasteiger partial charge in [0.1, 0.15) is 0 Å². The number of halogens is 1. The summed E-state index contributed by atoms with van der Waals surface area (Å²) in [5.41, 5.74) is 0. The van der Waals surface area contributed by atoms with Crippen molar-refractivity contribution in [2.24, 2.45) is 17.8 Å². The lowest BCUT2D eigenvalue weighted by Crippen LogP contribution is -2.32. The summed E-state index contributed by atoms with van der Waals surface area (Å²) in [4.78, 5) is 0. The van der Waals surface area contributed by atoms with Crippen molar-refractivity contribution in [3.8, 4) is 0 Å². The number of unbranched alkanes of at least 4 members (excludes halogenated alkanes) is 2. The molecule has 1 heteroatoms. The van der Waals surface area contributed by atoms with E-state index in [0.717, 1.165) is 17.8 Å². The third-order valence-corrected chi connectivity index (χ3v) is 6.31. The zero-order chi connectivity index (χ0) is 13.0. The topological polar surface area (TPSA) is 0 Å². The van der Waals surface area contributed by atoms with Crippen molar-refractivity contribution in [1.82, 2.24) is 0 Å². The smallest absolute Gasteiger partial charge is 0.0533 e. The van der Waals surface area contributed by atoms with Crippen molar-refractivity contribution in [3.05, 3.63) is 24.3 Å². The van der Waals surface area contributed by atoms with Crippen LogP contribution < -0.4 is 0 Å². The Morgan fingerprint density at radius 1 is 1.11 bits per heavy atom. The number of hydrogen-bond acceptors (Lipinski definition) is 0. The maximum Gasteiger partial charge on any atom is 0.0533 e. The second-order valence-corrected chi connectivity index (χ2v) is 7.44. The lowest BCUT2D eigenvalue weighted by molar-refractivity contribution is 0.313. The Balaban J connectivity index is 2.11. The van der Waals surface area contributed by atoms with Crippen LogP contribution in [0.15, 0.2) is 24.3 Å². The van der Waals surface area contributed by atoms with Crippen molar-refractivity contribution in [1.29, 1.82) is 0 Å². The van der Waals surface area contributed by atoms with Gasteiger partial charge in [0.15, 0.2) is 0 Å². The molecule has 0 heterocycles. The SMILES string of the molecule is CCCCC1CC2C=CC=CC2(Br)C1CCCC. The Morgan fingerprint density at radius 2 is 1.83 bits per heavy atom. The van der Waals surface area contributed by atoms with E-state index in [1.807, 2.05) is 0 Å². The molecule has 1 fully saturated rings. The molecule has 0 spiro atoms. The maximum atomic E-state index is 4.11. The van der Waals surface area contributed by atoms with Crippen LogP contribution >= 0.6 is 15.9 Å². The molecule has 0 bridgehead atoms. The Morgan fingerprint density at radius 3 is 2.56 bits per heavy atom. The highest BCUT2D eigenvalue weighted by molar-refractivity contribution is 9.10. The molecule has 0 aromatic heterocycles. The Kier molecular flexibility index (Phi) is 5.12. The highest BCUT2D eigenvalue weighted by Crippen LogP contribution is 2.56. The van der Waals surface area contributed by atoms with Gasteiger partial charge in [-0.3, -0.25) is 0 Å². The summed E-state index contributed by atoms with van der Waals surface area (Å²) in [6.07, 6.45) is 19.0. The third-order valence-electron chi connectivity index (χ3n) is 4.87. The van der Waals surface area contributed by atoms with Gasteiger partial charge in [-0.1, -0.05) is 86.2 Å². The largest absolute Gasteiger partial charge is 0.0798 e. The van der Waals surface area contributed by atoms with E-state index >= 15 is 0 Å². The van der Waals surface area contributed by atoms with E-state index in [4.69, 9.17) is 0 Å². The molecule has 0 N–H and O–H groups in total. The zero-order valence-electron chi connectivity index (χ0n) is 11.9. The van der Waals surface area contributed by atoms with Gasteiger partial charge in [-0.2, -0.15) is 0 Å². The van der Waals surface area contributed by atoms with Crippen molar-refractivity contribution >= 4 is 15.9 Å². The summed E-state index contributed by atoms with van der Waals surface area (Å²) >= 11 is 4.11. The Hall–Kier alpha value is -0.0400. The molecule has 0 aromatic rings. The van der Waals surface area contributed by atoms with Crippen molar-refractivity contribution in [3.63, 3.8) is 0 Å². The molecule has 4 atom stereocenters. The van der Waals surface area contributed by atoms with E-state index in [-0.39, 0.29) is 4.32 Å². The fourth-order valence-corrected chi connectivity index (χ4v) is 4.94. The molecule has 2 aliphatic rings. The van der Waals surface area contributed by atoms with E-state index in [9.17, 15) is 0 Å². The summed E-state index contributed by atoms with van der Waals surface area (Å²) in [5.74, 6) is 2.50. The second-order valence-electron chi connectivity index (χ2n) is 6.06. The molecule has 0 nitrogen and oxygen atoms in total. The average Bonchev–Trinajstić information content (AvgIpc) is 2.66. The van der Waals surface area contributed by atoms with Gasteiger partial charge in [-0.15, -0.1) is 0 Å². The molecule has 0 aliphatic heterocycles. The average molecular weight is 311 g/mol. The molecule has 102 valence electrons. The van der Waals surface area contributed by atoms with E-state index in [0.29, 0.717) is 0 Å². The molecule has 2 aliphatic carbocycles. The predicted molar refractivity (Wildman–Crippen MR) is 84.1 cm³/mol. The summed E-state index contributed by atoms with van der Waals surface area (Å²) < 4.78 is 0.273. The molecule has 4 unspecified atom stereocenters. The summed E-state index contributed by atoms with van der Waals surface area (Å²) in [6.45, 7) is 4.62. The van der Waals surface area contributed by atoms with Crippen LogP contribution in [0.3, 0.4) is 0 Å². The molecule has 0 aromatic carbocycles. The van der Waals surface area contributed by atoms with Gasteiger partial charge in [0.25, 0.3) is 0 Å². The van der Waals surface area contributed by atoms with Gasteiger partial charge in [0.05, 0.1) is 4.32 Å². The summed E-state index contributed by atoms with van der Waals surface area (Å²) in [5, 5.41) is 0.